The van der Waals surface area contributed by atoms with Crippen LogP contribution in [-0.4, -0.2) is 29.9 Å². The molecular formula is C15H24N2OS. The molecule has 4 heteroatoms. The van der Waals surface area contributed by atoms with Crippen molar-refractivity contribution in [1.82, 2.24) is 10.2 Å². The minimum Gasteiger partial charge on any atom is -0.352 e. The lowest BCUT2D eigenvalue weighted by atomic mass is 10.1. The van der Waals surface area contributed by atoms with Gasteiger partial charge in [-0.25, -0.2) is 0 Å². The molecule has 0 spiro atoms. The van der Waals surface area contributed by atoms with E-state index >= 15 is 0 Å². The summed E-state index contributed by atoms with van der Waals surface area (Å²) in [6, 6.07) is 4.86. The highest BCUT2D eigenvalue weighted by Crippen LogP contribution is 2.22. The van der Waals surface area contributed by atoms with Crippen LogP contribution < -0.4 is 5.32 Å². The second kappa shape index (κ2) is 6.53. The summed E-state index contributed by atoms with van der Waals surface area (Å²) in [5.74, 6) is 0.810. The van der Waals surface area contributed by atoms with E-state index in [1.807, 2.05) is 11.3 Å². The molecule has 0 unspecified atom stereocenters. The number of thiophene rings is 1. The summed E-state index contributed by atoms with van der Waals surface area (Å²) >= 11 is 1.93. The van der Waals surface area contributed by atoms with Crippen molar-refractivity contribution in [1.29, 1.82) is 0 Å². The second-order valence-electron chi connectivity index (χ2n) is 5.89. The van der Waals surface area contributed by atoms with Crippen molar-refractivity contribution >= 4 is 17.2 Å². The fraction of sp³-hybridized carbons (Fsp3) is 0.667. The first-order chi connectivity index (χ1) is 9.02. The van der Waals surface area contributed by atoms with Crippen molar-refractivity contribution in [3.05, 3.63) is 21.9 Å². The number of carbonyl (C=O) groups is 1. The lowest BCUT2D eigenvalue weighted by molar-refractivity contribution is -0.119. The summed E-state index contributed by atoms with van der Waals surface area (Å²) in [6.07, 6.45) is 2.25. The van der Waals surface area contributed by atoms with Crippen molar-refractivity contribution in [2.24, 2.45) is 5.92 Å². The highest BCUT2D eigenvalue weighted by molar-refractivity contribution is 7.11. The fourth-order valence-corrected chi connectivity index (χ4v) is 3.89. The first-order valence-corrected chi connectivity index (χ1v) is 7.91. The third-order valence-corrected chi connectivity index (χ3v) is 4.48. The molecule has 2 rings (SSSR count). The predicted octanol–water partition coefficient (Wildman–Crippen LogP) is 2.66. The fourth-order valence-electron chi connectivity index (χ4n) is 2.62. The summed E-state index contributed by atoms with van der Waals surface area (Å²) in [6.45, 7) is 9.22. The van der Waals surface area contributed by atoms with Gasteiger partial charge >= 0.3 is 0 Å². The van der Waals surface area contributed by atoms with Gasteiger partial charge in [0.1, 0.15) is 0 Å². The molecule has 1 aliphatic heterocycles. The Morgan fingerprint density at radius 1 is 1.47 bits per heavy atom. The topological polar surface area (TPSA) is 32.3 Å². The minimum atomic E-state index is 0.0854. The van der Waals surface area contributed by atoms with Crippen molar-refractivity contribution < 1.29 is 4.79 Å². The molecule has 1 saturated heterocycles. The number of amides is 1. The van der Waals surface area contributed by atoms with Gasteiger partial charge in [-0.2, -0.15) is 0 Å². The van der Waals surface area contributed by atoms with Crippen LogP contribution in [-0.2, 0) is 17.8 Å². The summed E-state index contributed by atoms with van der Waals surface area (Å²) < 4.78 is 0. The van der Waals surface area contributed by atoms with Gasteiger partial charge in [0.25, 0.3) is 0 Å². The number of nitrogens with zero attached hydrogens (tertiary/aromatic N) is 1. The van der Waals surface area contributed by atoms with Crippen molar-refractivity contribution in [3.8, 4) is 0 Å². The van der Waals surface area contributed by atoms with E-state index in [9.17, 15) is 4.79 Å². The maximum Gasteiger partial charge on any atom is 0.217 e. The largest absolute Gasteiger partial charge is 0.352 e. The normalized spacial score (nSPS) is 20.1. The number of nitrogens with one attached hydrogen (secondary N) is 1. The number of rotatable bonds is 5. The van der Waals surface area contributed by atoms with Crippen LogP contribution in [0.4, 0.5) is 0 Å². The van der Waals surface area contributed by atoms with Gasteiger partial charge in [-0.1, -0.05) is 13.8 Å². The van der Waals surface area contributed by atoms with Gasteiger partial charge in [0.15, 0.2) is 0 Å². The molecular weight excluding hydrogens is 256 g/mol. The molecule has 1 N–H and O–H groups in total. The molecule has 1 aliphatic rings. The van der Waals surface area contributed by atoms with Gasteiger partial charge in [-0.05, 0) is 30.9 Å². The van der Waals surface area contributed by atoms with Gasteiger partial charge in [0.05, 0.1) is 0 Å². The minimum absolute atomic E-state index is 0.0854. The highest BCUT2D eigenvalue weighted by atomic mass is 32.1. The standard InChI is InChI=1S/C15H24N2OS/c1-11(2)8-14-4-5-15(19-14)10-17-7-6-13(9-17)16-12(3)18/h4-5,11,13H,6-10H2,1-3H3,(H,16,18)/t13-/m0/s1. The molecule has 0 aliphatic carbocycles. The van der Waals surface area contributed by atoms with Gasteiger partial charge in [-0.15, -0.1) is 11.3 Å². The average molecular weight is 280 g/mol. The Kier molecular flexibility index (Phi) is 4.99. The maximum atomic E-state index is 11.0. The van der Waals surface area contributed by atoms with Gasteiger partial charge in [0, 0.05) is 42.4 Å². The number of carbonyl (C=O) groups excluding carboxylic acids is 1. The smallest absolute Gasteiger partial charge is 0.217 e. The second-order valence-corrected chi connectivity index (χ2v) is 7.14. The Hall–Kier alpha value is -0.870. The predicted molar refractivity (Wildman–Crippen MR) is 80.4 cm³/mol. The Morgan fingerprint density at radius 3 is 2.89 bits per heavy atom. The van der Waals surface area contributed by atoms with Crippen molar-refractivity contribution in [2.75, 3.05) is 13.1 Å². The lowest BCUT2D eigenvalue weighted by Crippen LogP contribution is -2.35. The summed E-state index contributed by atoms with van der Waals surface area (Å²) in [5, 5.41) is 3.01. The molecule has 0 aromatic carbocycles. The molecule has 19 heavy (non-hydrogen) atoms. The number of hydrogen-bond acceptors (Lipinski definition) is 3. The van der Waals surface area contributed by atoms with Crippen LogP contribution in [0.2, 0.25) is 0 Å². The van der Waals surface area contributed by atoms with E-state index in [0.29, 0.717) is 6.04 Å². The summed E-state index contributed by atoms with van der Waals surface area (Å²) in [5.41, 5.74) is 0. The van der Waals surface area contributed by atoms with E-state index in [1.54, 1.807) is 6.92 Å². The number of hydrogen-bond donors (Lipinski definition) is 1. The summed E-state index contributed by atoms with van der Waals surface area (Å²) in [7, 11) is 0. The zero-order chi connectivity index (χ0) is 13.8. The molecule has 1 amide bonds. The van der Waals surface area contributed by atoms with Crippen LogP contribution in [0, 0.1) is 5.92 Å². The molecule has 0 bridgehead atoms. The van der Waals surface area contributed by atoms with E-state index in [-0.39, 0.29) is 5.91 Å². The molecule has 0 radical (unpaired) electrons. The Morgan fingerprint density at radius 2 is 2.21 bits per heavy atom. The quantitative estimate of drug-likeness (QED) is 0.899. The molecule has 1 aromatic heterocycles. The molecule has 0 saturated carbocycles. The molecule has 2 heterocycles. The van der Waals surface area contributed by atoms with Crippen LogP contribution in [0.15, 0.2) is 12.1 Å². The molecule has 1 atom stereocenters. The summed E-state index contributed by atoms with van der Waals surface area (Å²) in [4.78, 5) is 16.4. The lowest BCUT2D eigenvalue weighted by Gasteiger charge is -2.15. The monoisotopic (exact) mass is 280 g/mol. The molecule has 1 fully saturated rings. The van der Waals surface area contributed by atoms with E-state index in [0.717, 1.165) is 32.0 Å². The van der Waals surface area contributed by atoms with E-state index < -0.39 is 0 Å². The molecule has 106 valence electrons. The zero-order valence-corrected chi connectivity index (χ0v) is 12.9. The van der Waals surface area contributed by atoms with Crippen LogP contribution in [0.25, 0.3) is 0 Å². The van der Waals surface area contributed by atoms with Gasteiger partial charge in [0.2, 0.25) is 5.91 Å². The van der Waals surface area contributed by atoms with Crippen LogP contribution in [0.1, 0.15) is 36.9 Å². The van der Waals surface area contributed by atoms with Crippen LogP contribution in [0.5, 0.6) is 0 Å². The van der Waals surface area contributed by atoms with E-state index in [1.165, 1.54) is 16.2 Å². The molecule has 3 nitrogen and oxygen atoms in total. The van der Waals surface area contributed by atoms with Crippen LogP contribution >= 0.6 is 11.3 Å². The third kappa shape index (κ3) is 4.62. The molecule has 1 aromatic rings. The Bertz CT molecular complexity index is 428. The zero-order valence-electron chi connectivity index (χ0n) is 12.1. The third-order valence-electron chi connectivity index (χ3n) is 3.39. The first-order valence-electron chi connectivity index (χ1n) is 7.10. The van der Waals surface area contributed by atoms with E-state index in [4.69, 9.17) is 0 Å². The van der Waals surface area contributed by atoms with Gasteiger partial charge in [-0.3, -0.25) is 9.69 Å². The van der Waals surface area contributed by atoms with Crippen molar-refractivity contribution in [3.63, 3.8) is 0 Å². The first kappa shape index (κ1) is 14.5. The highest BCUT2D eigenvalue weighted by Gasteiger charge is 2.23. The SMILES string of the molecule is CC(=O)N[C@H]1CCN(Cc2ccc(CC(C)C)s2)C1. The Labute approximate surface area is 120 Å². The number of likely N-dealkylation sites (tertiary alicyclic amines) is 1. The van der Waals surface area contributed by atoms with E-state index in [2.05, 4.69) is 36.2 Å². The van der Waals surface area contributed by atoms with Gasteiger partial charge < -0.3 is 5.32 Å². The maximum absolute atomic E-state index is 11.0. The average Bonchev–Trinajstić information content (AvgIpc) is 2.88. The van der Waals surface area contributed by atoms with Crippen molar-refractivity contribution in [2.45, 2.75) is 46.2 Å². The van der Waals surface area contributed by atoms with Crippen LogP contribution in [0.3, 0.4) is 0 Å². The Balaban J connectivity index is 1.82.